The van der Waals surface area contributed by atoms with E-state index in [4.69, 9.17) is 4.74 Å². The Hall–Kier alpha value is -0.900. The Labute approximate surface area is 152 Å². The van der Waals surface area contributed by atoms with Crippen molar-refractivity contribution >= 4 is 0 Å². The van der Waals surface area contributed by atoms with Gasteiger partial charge < -0.3 is 14.9 Å². The van der Waals surface area contributed by atoms with Crippen molar-refractivity contribution in [2.24, 2.45) is 23.7 Å². The first-order valence-corrected chi connectivity index (χ1v) is 10.1. The predicted octanol–water partition coefficient (Wildman–Crippen LogP) is 4.17. The van der Waals surface area contributed by atoms with Crippen LogP contribution in [0.1, 0.15) is 57.4 Å². The fourth-order valence-corrected chi connectivity index (χ4v) is 4.91. The summed E-state index contributed by atoms with van der Waals surface area (Å²) in [4.78, 5) is 0. The first-order chi connectivity index (χ1) is 12.2. The lowest BCUT2D eigenvalue weighted by molar-refractivity contribution is -0.0388. The van der Waals surface area contributed by atoms with E-state index in [0.717, 1.165) is 32.1 Å². The summed E-state index contributed by atoms with van der Waals surface area (Å²) in [5, 5.41) is 20.9. The molecule has 140 valence electrons. The summed E-state index contributed by atoms with van der Waals surface area (Å²) in [6.45, 7) is 3.45. The molecule has 2 unspecified atom stereocenters. The lowest BCUT2D eigenvalue weighted by atomic mass is 9.67. The minimum atomic E-state index is -0.254. The van der Waals surface area contributed by atoms with Gasteiger partial charge in [-0.15, -0.1) is 0 Å². The van der Waals surface area contributed by atoms with Gasteiger partial charge in [0.25, 0.3) is 0 Å². The topological polar surface area (TPSA) is 49.7 Å². The zero-order valence-corrected chi connectivity index (χ0v) is 15.5. The van der Waals surface area contributed by atoms with Crippen molar-refractivity contribution in [2.75, 3.05) is 6.61 Å². The maximum absolute atomic E-state index is 10.6. The Balaban J connectivity index is 1.41. The lowest BCUT2D eigenvalue weighted by Crippen LogP contribution is -2.38. The van der Waals surface area contributed by atoms with Crippen LogP contribution in [0, 0.1) is 23.7 Å². The highest BCUT2D eigenvalue weighted by Gasteiger charge is 2.37. The fraction of sp³-hybridized carbons (Fsp3) is 0.727. The number of aliphatic hydroxyl groups excluding tert-OH is 2. The van der Waals surface area contributed by atoms with E-state index in [1.54, 1.807) is 0 Å². The van der Waals surface area contributed by atoms with Crippen molar-refractivity contribution in [2.45, 2.75) is 70.7 Å². The van der Waals surface area contributed by atoms with Crippen LogP contribution in [-0.4, -0.2) is 29.0 Å². The van der Waals surface area contributed by atoms with Crippen LogP contribution in [0.15, 0.2) is 30.3 Å². The third-order valence-electron chi connectivity index (χ3n) is 6.63. The second kappa shape index (κ2) is 9.16. The van der Waals surface area contributed by atoms with Crippen LogP contribution in [0.2, 0.25) is 0 Å². The molecule has 0 aromatic heterocycles. The van der Waals surface area contributed by atoms with Crippen LogP contribution < -0.4 is 0 Å². The average Bonchev–Trinajstić information content (AvgIpc) is 2.64. The molecule has 2 fully saturated rings. The van der Waals surface area contributed by atoms with E-state index >= 15 is 0 Å². The van der Waals surface area contributed by atoms with Gasteiger partial charge in [-0.05, 0) is 61.8 Å². The second-order valence-electron chi connectivity index (χ2n) is 8.21. The van der Waals surface area contributed by atoms with Crippen LogP contribution in [0.5, 0.6) is 0 Å². The summed E-state index contributed by atoms with van der Waals surface area (Å²) in [6, 6.07) is 10.2. The number of benzene rings is 1. The summed E-state index contributed by atoms with van der Waals surface area (Å²) >= 11 is 0. The van der Waals surface area contributed by atoms with Gasteiger partial charge in [0.05, 0.1) is 25.4 Å². The van der Waals surface area contributed by atoms with Gasteiger partial charge in [0, 0.05) is 5.92 Å². The standard InChI is InChI=1S/C22H34O3/c1-2-17-8-9-18(12-21(17)23)19-10-11-20(22(24)13-19)15-25-14-16-6-4-3-5-7-16/h3-7,17-24H,2,8-15H2,1H3/t17-,18-,19+,20-,21?,22?/m0/s1. The Morgan fingerprint density at radius 1 is 0.880 bits per heavy atom. The van der Waals surface area contributed by atoms with Gasteiger partial charge >= 0.3 is 0 Å². The quantitative estimate of drug-likeness (QED) is 0.813. The Kier molecular flexibility index (Phi) is 6.92. The van der Waals surface area contributed by atoms with E-state index < -0.39 is 0 Å². The van der Waals surface area contributed by atoms with Gasteiger partial charge in [0.2, 0.25) is 0 Å². The summed E-state index contributed by atoms with van der Waals surface area (Å²) in [5.41, 5.74) is 1.19. The molecule has 0 spiro atoms. The van der Waals surface area contributed by atoms with E-state index in [2.05, 4.69) is 19.1 Å². The van der Waals surface area contributed by atoms with Gasteiger partial charge in [0.1, 0.15) is 0 Å². The van der Waals surface area contributed by atoms with Crippen molar-refractivity contribution in [3.63, 3.8) is 0 Å². The van der Waals surface area contributed by atoms with Crippen molar-refractivity contribution < 1.29 is 14.9 Å². The molecule has 3 heteroatoms. The molecule has 2 saturated carbocycles. The largest absolute Gasteiger partial charge is 0.393 e. The zero-order chi connectivity index (χ0) is 17.6. The molecule has 3 rings (SSSR count). The minimum absolute atomic E-state index is 0.132. The summed E-state index contributed by atoms with van der Waals surface area (Å²) in [5.74, 6) is 1.92. The highest BCUT2D eigenvalue weighted by Crippen LogP contribution is 2.42. The van der Waals surface area contributed by atoms with Crippen molar-refractivity contribution in [1.29, 1.82) is 0 Å². The lowest BCUT2D eigenvalue weighted by Gasteiger charge is -2.41. The average molecular weight is 347 g/mol. The molecule has 0 aliphatic heterocycles. The van der Waals surface area contributed by atoms with Crippen LogP contribution in [0.3, 0.4) is 0 Å². The number of rotatable bonds is 6. The number of hydrogen-bond acceptors (Lipinski definition) is 3. The van der Waals surface area contributed by atoms with Gasteiger partial charge in [-0.1, -0.05) is 43.7 Å². The molecule has 0 amide bonds. The normalized spacial score (nSPS) is 36.3. The molecule has 2 aliphatic carbocycles. The maximum Gasteiger partial charge on any atom is 0.0717 e. The maximum atomic E-state index is 10.6. The van der Waals surface area contributed by atoms with Gasteiger partial charge in [0.15, 0.2) is 0 Å². The predicted molar refractivity (Wildman–Crippen MR) is 100 cm³/mol. The molecule has 3 nitrogen and oxygen atoms in total. The minimum Gasteiger partial charge on any atom is -0.393 e. The van der Waals surface area contributed by atoms with Crippen LogP contribution >= 0.6 is 0 Å². The molecule has 0 radical (unpaired) electrons. The van der Waals surface area contributed by atoms with E-state index in [-0.39, 0.29) is 18.1 Å². The van der Waals surface area contributed by atoms with E-state index in [0.29, 0.717) is 31.0 Å². The van der Waals surface area contributed by atoms with E-state index in [9.17, 15) is 10.2 Å². The number of hydrogen-bond donors (Lipinski definition) is 2. The van der Waals surface area contributed by atoms with Crippen LogP contribution in [0.4, 0.5) is 0 Å². The molecule has 1 aromatic rings. The highest BCUT2D eigenvalue weighted by molar-refractivity contribution is 5.13. The number of ether oxygens (including phenoxy) is 1. The Morgan fingerprint density at radius 3 is 2.04 bits per heavy atom. The van der Waals surface area contributed by atoms with Crippen molar-refractivity contribution in [3.8, 4) is 0 Å². The summed E-state index contributed by atoms with van der Waals surface area (Å²) in [6.07, 6.45) is 7.11. The molecule has 25 heavy (non-hydrogen) atoms. The molecule has 0 saturated heterocycles. The molecule has 0 bridgehead atoms. The Morgan fingerprint density at radius 2 is 1.48 bits per heavy atom. The smallest absolute Gasteiger partial charge is 0.0717 e. The molecule has 6 atom stereocenters. The first kappa shape index (κ1) is 18.9. The molecule has 1 aromatic carbocycles. The number of aliphatic hydroxyl groups is 2. The van der Waals surface area contributed by atoms with Gasteiger partial charge in [-0.25, -0.2) is 0 Å². The van der Waals surface area contributed by atoms with Crippen LogP contribution in [-0.2, 0) is 11.3 Å². The van der Waals surface area contributed by atoms with Crippen molar-refractivity contribution in [1.82, 2.24) is 0 Å². The third kappa shape index (κ3) is 5.06. The molecular formula is C22H34O3. The van der Waals surface area contributed by atoms with Gasteiger partial charge in [-0.2, -0.15) is 0 Å². The highest BCUT2D eigenvalue weighted by atomic mass is 16.5. The van der Waals surface area contributed by atoms with Crippen molar-refractivity contribution in [3.05, 3.63) is 35.9 Å². The molecule has 2 aliphatic rings. The zero-order valence-electron chi connectivity index (χ0n) is 15.5. The molecule has 0 heterocycles. The third-order valence-corrected chi connectivity index (χ3v) is 6.63. The molecular weight excluding hydrogens is 312 g/mol. The molecule has 2 N–H and O–H groups in total. The van der Waals surface area contributed by atoms with Crippen LogP contribution in [0.25, 0.3) is 0 Å². The van der Waals surface area contributed by atoms with Gasteiger partial charge in [-0.3, -0.25) is 0 Å². The summed E-state index contributed by atoms with van der Waals surface area (Å²) < 4.78 is 5.86. The SMILES string of the molecule is CC[C@H]1CC[C@H]([C@@H]2CC[C@@H](COCc3ccccc3)C(O)C2)CC1O. The first-order valence-electron chi connectivity index (χ1n) is 10.1. The monoisotopic (exact) mass is 346 g/mol. The van der Waals surface area contributed by atoms with E-state index in [1.807, 2.05) is 18.2 Å². The summed E-state index contributed by atoms with van der Waals surface area (Å²) in [7, 11) is 0. The Bertz CT molecular complexity index is 503. The van der Waals surface area contributed by atoms with E-state index in [1.165, 1.54) is 18.4 Å². The second-order valence-corrected chi connectivity index (χ2v) is 8.21. The fourth-order valence-electron chi connectivity index (χ4n) is 4.91.